The molecule has 1 aliphatic rings. The lowest BCUT2D eigenvalue weighted by Crippen LogP contribution is -2.45. The summed E-state index contributed by atoms with van der Waals surface area (Å²) < 4.78 is 26.9. The van der Waals surface area contributed by atoms with Crippen LogP contribution in [0.3, 0.4) is 0 Å². The number of rotatable bonds is 6. The molecule has 1 fully saturated rings. The van der Waals surface area contributed by atoms with E-state index in [0.717, 1.165) is 38.5 Å². The molecular weight excluding hydrogens is 224 g/mol. The van der Waals surface area contributed by atoms with Crippen molar-refractivity contribution in [3.63, 3.8) is 0 Å². The molecule has 0 aliphatic heterocycles. The van der Waals surface area contributed by atoms with E-state index in [2.05, 4.69) is 4.72 Å². The van der Waals surface area contributed by atoms with Crippen molar-refractivity contribution in [3.8, 4) is 0 Å². The molecule has 1 atom stereocenters. The van der Waals surface area contributed by atoms with Crippen molar-refractivity contribution in [2.75, 3.05) is 6.54 Å². The van der Waals surface area contributed by atoms with Gasteiger partial charge in [0.2, 0.25) is 10.0 Å². The fraction of sp³-hybridized carbons (Fsp3) is 1.00. The molecule has 0 amide bonds. The summed E-state index contributed by atoms with van der Waals surface area (Å²) in [6.07, 6.45) is 6.62. The summed E-state index contributed by atoms with van der Waals surface area (Å²) in [6.45, 7) is 2.43. The van der Waals surface area contributed by atoms with Gasteiger partial charge in [0.25, 0.3) is 0 Å². The first-order chi connectivity index (χ1) is 7.60. The van der Waals surface area contributed by atoms with Gasteiger partial charge in [-0.1, -0.05) is 32.6 Å². The smallest absolute Gasteiger partial charge is 0.214 e. The Labute approximate surface area is 99.0 Å². The molecule has 1 saturated carbocycles. The maximum atomic E-state index is 12.1. The molecule has 4 nitrogen and oxygen atoms in total. The average Bonchev–Trinajstić information content (AvgIpc) is 2.29. The van der Waals surface area contributed by atoms with Crippen molar-refractivity contribution in [2.45, 2.75) is 63.2 Å². The van der Waals surface area contributed by atoms with E-state index >= 15 is 0 Å². The summed E-state index contributed by atoms with van der Waals surface area (Å²) >= 11 is 0. The molecule has 16 heavy (non-hydrogen) atoms. The molecule has 0 aromatic heterocycles. The Balaban J connectivity index is 2.54. The predicted molar refractivity (Wildman–Crippen MR) is 66.7 cm³/mol. The van der Waals surface area contributed by atoms with Gasteiger partial charge >= 0.3 is 0 Å². The fourth-order valence-corrected chi connectivity index (χ4v) is 4.10. The zero-order chi connectivity index (χ0) is 12.0. The summed E-state index contributed by atoms with van der Waals surface area (Å²) in [5.41, 5.74) is 5.57. The van der Waals surface area contributed by atoms with Crippen LogP contribution in [0.2, 0.25) is 0 Å². The first-order valence-electron chi connectivity index (χ1n) is 6.31. The molecule has 0 aromatic carbocycles. The Morgan fingerprint density at radius 3 is 2.44 bits per heavy atom. The summed E-state index contributed by atoms with van der Waals surface area (Å²) in [5, 5.41) is -0.188. The highest BCUT2D eigenvalue weighted by Gasteiger charge is 2.28. The number of hydrogen-bond donors (Lipinski definition) is 2. The van der Waals surface area contributed by atoms with Crippen LogP contribution < -0.4 is 10.5 Å². The van der Waals surface area contributed by atoms with Gasteiger partial charge < -0.3 is 5.73 Å². The lowest BCUT2D eigenvalue weighted by atomic mass is 10.0. The summed E-state index contributed by atoms with van der Waals surface area (Å²) in [7, 11) is -3.15. The van der Waals surface area contributed by atoms with Gasteiger partial charge in [0, 0.05) is 12.6 Å². The first-order valence-corrected chi connectivity index (χ1v) is 7.86. The second-order valence-electron chi connectivity index (χ2n) is 4.64. The molecule has 0 radical (unpaired) electrons. The lowest BCUT2D eigenvalue weighted by Gasteiger charge is -2.25. The highest BCUT2D eigenvalue weighted by atomic mass is 32.2. The highest BCUT2D eigenvalue weighted by molar-refractivity contribution is 7.90. The number of nitrogens with two attached hydrogens (primary N) is 1. The normalized spacial score (nSPS) is 20.9. The van der Waals surface area contributed by atoms with Crippen molar-refractivity contribution in [1.29, 1.82) is 0 Å². The summed E-state index contributed by atoms with van der Waals surface area (Å²) in [6, 6.07) is -0.0862. The average molecular weight is 248 g/mol. The molecule has 1 unspecified atom stereocenters. The van der Waals surface area contributed by atoms with Crippen LogP contribution in [0.25, 0.3) is 0 Å². The van der Waals surface area contributed by atoms with Gasteiger partial charge in [-0.15, -0.1) is 0 Å². The highest BCUT2D eigenvalue weighted by Crippen LogP contribution is 2.23. The van der Waals surface area contributed by atoms with Crippen LogP contribution in [0, 0.1) is 0 Å². The first kappa shape index (κ1) is 13.9. The Kier molecular flexibility index (Phi) is 5.72. The number of hydrogen-bond acceptors (Lipinski definition) is 3. The Morgan fingerprint density at radius 2 is 1.94 bits per heavy atom. The molecule has 0 spiro atoms. The molecule has 0 saturated heterocycles. The van der Waals surface area contributed by atoms with Gasteiger partial charge in [-0.25, -0.2) is 13.1 Å². The Bertz CT molecular complexity index is 284. The molecule has 5 heteroatoms. The van der Waals surface area contributed by atoms with Gasteiger partial charge in [-0.05, 0) is 19.3 Å². The summed E-state index contributed by atoms with van der Waals surface area (Å²) in [4.78, 5) is 0. The van der Waals surface area contributed by atoms with E-state index in [1.54, 1.807) is 0 Å². The Hall–Kier alpha value is -0.130. The quantitative estimate of drug-likeness (QED) is 0.745. The zero-order valence-electron chi connectivity index (χ0n) is 10.1. The topological polar surface area (TPSA) is 72.2 Å². The predicted octanol–water partition coefficient (Wildman–Crippen LogP) is 1.37. The molecule has 0 bridgehead atoms. The molecule has 3 N–H and O–H groups in total. The van der Waals surface area contributed by atoms with Crippen LogP contribution in [0.1, 0.15) is 51.9 Å². The van der Waals surface area contributed by atoms with E-state index in [1.165, 1.54) is 6.42 Å². The van der Waals surface area contributed by atoms with E-state index in [9.17, 15) is 8.42 Å². The molecule has 0 aromatic rings. The van der Waals surface area contributed by atoms with E-state index < -0.39 is 10.0 Å². The number of nitrogens with one attached hydrogen (secondary N) is 1. The van der Waals surface area contributed by atoms with Gasteiger partial charge in [0.1, 0.15) is 0 Å². The van der Waals surface area contributed by atoms with Crippen LogP contribution in [0.15, 0.2) is 0 Å². The minimum absolute atomic E-state index is 0.0862. The van der Waals surface area contributed by atoms with Gasteiger partial charge in [0.05, 0.1) is 5.25 Å². The summed E-state index contributed by atoms with van der Waals surface area (Å²) in [5.74, 6) is 0. The van der Waals surface area contributed by atoms with Crippen molar-refractivity contribution < 1.29 is 8.42 Å². The molecule has 96 valence electrons. The van der Waals surface area contributed by atoms with Crippen LogP contribution in [0.5, 0.6) is 0 Å². The minimum Gasteiger partial charge on any atom is -0.329 e. The molecule has 1 aliphatic carbocycles. The van der Waals surface area contributed by atoms with Crippen LogP contribution in [-0.4, -0.2) is 26.3 Å². The standard InChI is InChI=1S/C11H24N2O2S/c1-2-6-10(9-12)13-16(14,15)11-7-4-3-5-8-11/h10-11,13H,2-9,12H2,1H3. The molecule has 1 rings (SSSR count). The van der Waals surface area contributed by atoms with Gasteiger partial charge in [-0.3, -0.25) is 0 Å². The second kappa shape index (κ2) is 6.57. The van der Waals surface area contributed by atoms with Gasteiger partial charge in [-0.2, -0.15) is 0 Å². The van der Waals surface area contributed by atoms with Crippen molar-refractivity contribution in [1.82, 2.24) is 4.72 Å². The maximum Gasteiger partial charge on any atom is 0.214 e. The van der Waals surface area contributed by atoms with E-state index in [0.29, 0.717) is 6.54 Å². The van der Waals surface area contributed by atoms with E-state index in [-0.39, 0.29) is 11.3 Å². The zero-order valence-corrected chi connectivity index (χ0v) is 10.9. The minimum atomic E-state index is -3.15. The lowest BCUT2D eigenvalue weighted by molar-refractivity contribution is 0.464. The maximum absolute atomic E-state index is 12.1. The van der Waals surface area contributed by atoms with Crippen molar-refractivity contribution in [3.05, 3.63) is 0 Å². The third kappa shape index (κ3) is 4.03. The Morgan fingerprint density at radius 1 is 1.31 bits per heavy atom. The largest absolute Gasteiger partial charge is 0.329 e. The monoisotopic (exact) mass is 248 g/mol. The third-order valence-electron chi connectivity index (χ3n) is 3.24. The SMILES string of the molecule is CCCC(CN)NS(=O)(=O)C1CCCCC1. The van der Waals surface area contributed by atoms with E-state index in [1.807, 2.05) is 6.92 Å². The van der Waals surface area contributed by atoms with Crippen LogP contribution in [0.4, 0.5) is 0 Å². The van der Waals surface area contributed by atoms with Gasteiger partial charge in [0.15, 0.2) is 0 Å². The molecule has 0 heterocycles. The second-order valence-corrected chi connectivity index (χ2v) is 6.64. The fourth-order valence-electron chi connectivity index (χ4n) is 2.28. The third-order valence-corrected chi connectivity index (χ3v) is 5.25. The van der Waals surface area contributed by atoms with Crippen molar-refractivity contribution in [2.24, 2.45) is 5.73 Å². The van der Waals surface area contributed by atoms with Crippen molar-refractivity contribution >= 4 is 10.0 Å². The number of sulfonamides is 1. The molecular formula is C11H24N2O2S. The van der Waals surface area contributed by atoms with E-state index in [4.69, 9.17) is 5.73 Å². The van der Waals surface area contributed by atoms with Crippen LogP contribution in [-0.2, 0) is 10.0 Å². The van der Waals surface area contributed by atoms with Crippen LogP contribution >= 0.6 is 0 Å².